The van der Waals surface area contributed by atoms with E-state index in [1.807, 2.05) is 31.2 Å². The average Bonchev–Trinajstić information content (AvgIpc) is 2.28. The molecule has 18 heavy (non-hydrogen) atoms. The maximum Gasteiger partial charge on any atom is 0.223 e. The third-order valence-electron chi connectivity index (χ3n) is 2.28. The van der Waals surface area contributed by atoms with E-state index in [9.17, 15) is 4.79 Å². The topological polar surface area (TPSA) is 64.3 Å². The van der Waals surface area contributed by atoms with E-state index in [0.717, 1.165) is 11.3 Å². The van der Waals surface area contributed by atoms with Gasteiger partial charge in [0, 0.05) is 13.0 Å². The number of nitrogens with one attached hydrogen (secondary N) is 1. The van der Waals surface area contributed by atoms with Crippen LogP contribution in [0.15, 0.2) is 24.3 Å². The summed E-state index contributed by atoms with van der Waals surface area (Å²) in [7, 11) is 0. The standard InChI is InChI=1S/C13H18N2O2S/c1-10-3-2-4-11(9-10)17-8-6-13(16)15-7-5-12(14)18/h2-4,9H,5-8H2,1H3,(H2,14,18)(H,15,16). The molecule has 0 bridgehead atoms. The number of thiocarbonyl (C=S) groups is 1. The molecule has 98 valence electrons. The van der Waals surface area contributed by atoms with Crippen LogP contribution in [0.3, 0.4) is 0 Å². The Morgan fingerprint density at radius 1 is 1.44 bits per heavy atom. The van der Waals surface area contributed by atoms with E-state index in [2.05, 4.69) is 5.32 Å². The third-order valence-corrected chi connectivity index (χ3v) is 2.49. The lowest BCUT2D eigenvalue weighted by atomic mass is 10.2. The summed E-state index contributed by atoms with van der Waals surface area (Å²) < 4.78 is 5.47. The molecule has 0 radical (unpaired) electrons. The smallest absolute Gasteiger partial charge is 0.223 e. The van der Waals surface area contributed by atoms with Gasteiger partial charge in [0.1, 0.15) is 5.75 Å². The minimum Gasteiger partial charge on any atom is -0.493 e. The van der Waals surface area contributed by atoms with E-state index in [4.69, 9.17) is 22.7 Å². The van der Waals surface area contributed by atoms with Gasteiger partial charge >= 0.3 is 0 Å². The Morgan fingerprint density at radius 3 is 2.89 bits per heavy atom. The lowest BCUT2D eigenvalue weighted by molar-refractivity contribution is -0.121. The average molecular weight is 266 g/mol. The first-order valence-corrected chi connectivity index (χ1v) is 6.23. The molecule has 5 heteroatoms. The van der Waals surface area contributed by atoms with Gasteiger partial charge in [-0.05, 0) is 24.6 Å². The molecule has 0 heterocycles. The second kappa shape index (κ2) is 7.66. The van der Waals surface area contributed by atoms with Crippen molar-refractivity contribution < 1.29 is 9.53 Å². The molecule has 1 aromatic rings. The first kappa shape index (κ1) is 14.4. The lowest BCUT2D eigenvalue weighted by Crippen LogP contribution is -2.28. The Labute approximate surface area is 113 Å². The predicted octanol–water partition coefficient (Wildman–Crippen LogP) is 1.56. The summed E-state index contributed by atoms with van der Waals surface area (Å²) in [6.07, 6.45) is 0.852. The monoisotopic (exact) mass is 266 g/mol. The zero-order valence-corrected chi connectivity index (χ0v) is 11.3. The number of ether oxygens (including phenoxy) is 1. The molecule has 1 aromatic carbocycles. The number of carbonyl (C=O) groups excluding carboxylic acids is 1. The zero-order valence-electron chi connectivity index (χ0n) is 10.4. The highest BCUT2D eigenvalue weighted by atomic mass is 32.1. The fourth-order valence-corrected chi connectivity index (χ4v) is 1.48. The maximum atomic E-state index is 11.4. The van der Waals surface area contributed by atoms with Crippen LogP contribution >= 0.6 is 12.2 Å². The minimum atomic E-state index is -0.0566. The lowest BCUT2D eigenvalue weighted by Gasteiger charge is -2.07. The van der Waals surface area contributed by atoms with Crippen LogP contribution in [0.1, 0.15) is 18.4 Å². The molecule has 4 nitrogen and oxygen atoms in total. The fourth-order valence-electron chi connectivity index (χ4n) is 1.38. The summed E-state index contributed by atoms with van der Waals surface area (Å²) in [6.45, 7) is 2.84. The number of amides is 1. The van der Waals surface area contributed by atoms with Gasteiger partial charge in [0.15, 0.2) is 0 Å². The highest BCUT2D eigenvalue weighted by Crippen LogP contribution is 2.12. The quantitative estimate of drug-likeness (QED) is 0.735. The first-order valence-electron chi connectivity index (χ1n) is 5.82. The summed E-state index contributed by atoms with van der Waals surface area (Å²) in [4.78, 5) is 11.8. The van der Waals surface area contributed by atoms with E-state index in [1.54, 1.807) is 0 Å². The molecule has 0 aromatic heterocycles. The Hall–Kier alpha value is -1.62. The van der Waals surface area contributed by atoms with E-state index in [-0.39, 0.29) is 5.91 Å². The van der Waals surface area contributed by atoms with Gasteiger partial charge in [0.25, 0.3) is 0 Å². The number of carbonyl (C=O) groups is 1. The van der Waals surface area contributed by atoms with Crippen molar-refractivity contribution in [2.24, 2.45) is 5.73 Å². The largest absolute Gasteiger partial charge is 0.493 e. The molecule has 3 N–H and O–H groups in total. The van der Waals surface area contributed by atoms with E-state index >= 15 is 0 Å². The SMILES string of the molecule is Cc1cccc(OCCC(=O)NCCC(N)=S)c1. The molecule has 0 aliphatic heterocycles. The summed E-state index contributed by atoms with van der Waals surface area (Å²) >= 11 is 4.71. The molecular formula is C13H18N2O2S. The van der Waals surface area contributed by atoms with Crippen molar-refractivity contribution in [3.05, 3.63) is 29.8 Å². The van der Waals surface area contributed by atoms with E-state index in [1.165, 1.54) is 0 Å². The number of benzene rings is 1. The molecule has 0 fully saturated rings. The number of nitrogens with two attached hydrogens (primary N) is 1. The van der Waals surface area contributed by atoms with Crippen LogP contribution < -0.4 is 15.8 Å². The van der Waals surface area contributed by atoms with Crippen molar-refractivity contribution in [3.63, 3.8) is 0 Å². The fraction of sp³-hybridized carbons (Fsp3) is 0.385. The van der Waals surface area contributed by atoms with Crippen LogP contribution in [-0.2, 0) is 4.79 Å². The van der Waals surface area contributed by atoms with E-state index in [0.29, 0.717) is 31.0 Å². The van der Waals surface area contributed by atoms with Crippen LogP contribution in [0.5, 0.6) is 5.75 Å². The molecule has 1 rings (SSSR count). The Balaban J connectivity index is 2.17. The second-order valence-corrected chi connectivity index (χ2v) is 4.51. The van der Waals surface area contributed by atoms with Gasteiger partial charge in [0.2, 0.25) is 5.91 Å². The van der Waals surface area contributed by atoms with Crippen LogP contribution in [0.25, 0.3) is 0 Å². The Morgan fingerprint density at radius 2 is 2.22 bits per heavy atom. The van der Waals surface area contributed by atoms with Crippen molar-refractivity contribution in [1.29, 1.82) is 0 Å². The molecule has 0 atom stereocenters. The maximum absolute atomic E-state index is 11.4. The molecule has 0 saturated heterocycles. The van der Waals surface area contributed by atoms with Gasteiger partial charge in [-0.2, -0.15) is 0 Å². The van der Waals surface area contributed by atoms with Crippen molar-refractivity contribution in [2.75, 3.05) is 13.2 Å². The number of aryl methyl sites for hydroxylation is 1. The molecule has 1 amide bonds. The van der Waals surface area contributed by atoms with Gasteiger partial charge < -0.3 is 15.8 Å². The van der Waals surface area contributed by atoms with Crippen molar-refractivity contribution in [1.82, 2.24) is 5.32 Å². The van der Waals surface area contributed by atoms with Gasteiger partial charge in [-0.1, -0.05) is 24.4 Å². The molecule has 0 saturated carbocycles. The number of hydrogen-bond donors (Lipinski definition) is 2. The van der Waals surface area contributed by atoms with Gasteiger partial charge in [-0.3, -0.25) is 4.79 Å². The van der Waals surface area contributed by atoms with Gasteiger partial charge in [-0.25, -0.2) is 0 Å². The molecule has 0 spiro atoms. The van der Waals surface area contributed by atoms with Crippen LogP contribution in [0.2, 0.25) is 0 Å². The summed E-state index contributed by atoms with van der Waals surface area (Å²) in [5.74, 6) is 0.727. The second-order valence-electron chi connectivity index (χ2n) is 3.98. The van der Waals surface area contributed by atoms with Crippen LogP contribution in [0.4, 0.5) is 0 Å². The summed E-state index contributed by atoms with van der Waals surface area (Å²) in [6, 6.07) is 7.73. The van der Waals surface area contributed by atoms with Gasteiger partial charge in [0.05, 0.1) is 18.0 Å². The number of hydrogen-bond acceptors (Lipinski definition) is 3. The molecule has 0 aliphatic carbocycles. The Kier molecular flexibility index (Phi) is 6.14. The number of rotatable bonds is 7. The zero-order chi connectivity index (χ0) is 13.4. The van der Waals surface area contributed by atoms with Crippen LogP contribution in [-0.4, -0.2) is 24.0 Å². The molecule has 0 aliphatic rings. The van der Waals surface area contributed by atoms with Gasteiger partial charge in [-0.15, -0.1) is 0 Å². The molecule has 0 unspecified atom stereocenters. The third kappa shape index (κ3) is 6.20. The summed E-state index contributed by atoms with van der Waals surface area (Å²) in [5, 5.41) is 2.73. The highest BCUT2D eigenvalue weighted by molar-refractivity contribution is 7.80. The van der Waals surface area contributed by atoms with Crippen molar-refractivity contribution >= 4 is 23.1 Å². The van der Waals surface area contributed by atoms with Crippen LogP contribution in [0, 0.1) is 6.92 Å². The molecular weight excluding hydrogens is 248 g/mol. The highest BCUT2D eigenvalue weighted by Gasteiger charge is 2.01. The predicted molar refractivity (Wildman–Crippen MR) is 75.7 cm³/mol. The minimum absolute atomic E-state index is 0.0566. The van der Waals surface area contributed by atoms with Crippen molar-refractivity contribution in [2.45, 2.75) is 19.8 Å². The normalized spacial score (nSPS) is 9.83. The Bertz CT molecular complexity index is 421. The summed E-state index contributed by atoms with van der Waals surface area (Å²) in [5.41, 5.74) is 6.46. The first-order chi connectivity index (χ1) is 8.58. The van der Waals surface area contributed by atoms with E-state index < -0.39 is 0 Å². The van der Waals surface area contributed by atoms with Crippen molar-refractivity contribution in [3.8, 4) is 5.75 Å².